The van der Waals surface area contributed by atoms with Crippen LogP contribution in [0.1, 0.15) is 24.8 Å². The van der Waals surface area contributed by atoms with Crippen molar-refractivity contribution in [2.24, 2.45) is 0 Å². The molecule has 19 heavy (non-hydrogen) atoms. The topological polar surface area (TPSA) is 18.5 Å². The maximum atomic E-state index is 3.54. The summed E-state index contributed by atoms with van der Waals surface area (Å²) in [7, 11) is 2.26. The Morgan fingerprint density at radius 1 is 1.26 bits per heavy atom. The van der Waals surface area contributed by atoms with Crippen LogP contribution in [0.2, 0.25) is 0 Å². The van der Waals surface area contributed by atoms with E-state index in [-0.39, 0.29) is 0 Å². The summed E-state index contributed by atoms with van der Waals surface area (Å²) >= 11 is 0. The van der Waals surface area contributed by atoms with E-state index in [1.165, 1.54) is 43.9 Å². The van der Waals surface area contributed by atoms with Gasteiger partial charge >= 0.3 is 0 Å². The van der Waals surface area contributed by atoms with Gasteiger partial charge in [-0.05, 0) is 25.1 Å². The second kappa shape index (κ2) is 5.51. The molecule has 0 radical (unpaired) electrons. The molecule has 0 saturated carbocycles. The standard InChI is InChI=1S/C16H25N3/c1-3-14-12-19(9-8-18(14)2)11-13-10-17-16-7-5-4-6-15(13)16/h4-7,13-14,17H,3,8-12H2,1-2H3. The first-order valence-corrected chi connectivity index (χ1v) is 7.53. The van der Waals surface area contributed by atoms with Gasteiger partial charge in [0.2, 0.25) is 0 Å². The number of anilines is 1. The molecule has 3 heteroatoms. The lowest BCUT2D eigenvalue weighted by molar-refractivity contribution is 0.0898. The van der Waals surface area contributed by atoms with E-state index in [0.717, 1.165) is 12.6 Å². The quantitative estimate of drug-likeness (QED) is 0.898. The lowest BCUT2D eigenvalue weighted by atomic mass is 9.99. The van der Waals surface area contributed by atoms with Gasteiger partial charge in [-0.25, -0.2) is 0 Å². The van der Waals surface area contributed by atoms with Crippen LogP contribution in [0.5, 0.6) is 0 Å². The van der Waals surface area contributed by atoms with Crippen LogP contribution >= 0.6 is 0 Å². The summed E-state index contributed by atoms with van der Waals surface area (Å²) in [6.07, 6.45) is 1.26. The van der Waals surface area contributed by atoms with Crippen LogP contribution in [0.3, 0.4) is 0 Å². The minimum atomic E-state index is 0.664. The molecule has 3 rings (SSSR count). The van der Waals surface area contributed by atoms with Gasteiger partial charge in [0.15, 0.2) is 0 Å². The fraction of sp³-hybridized carbons (Fsp3) is 0.625. The number of rotatable bonds is 3. The molecule has 0 aliphatic carbocycles. The normalized spacial score (nSPS) is 28.1. The number of nitrogens with one attached hydrogen (secondary N) is 1. The molecule has 1 aromatic carbocycles. The molecule has 104 valence electrons. The van der Waals surface area contributed by atoms with E-state index in [4.69, 9.17) is 0 Å². The molecule has 1 fully saturated rings. The molecule has 1 saturated heterocycles. The smallest absolute Gasteiger partial charge is 0.0376 e. The zero-order valence-corrected chi connectivity index (χ0v) is 12.1. The number of piperazine rings is 1. The minimum Gasteiger partial charge on any atom is -0.384 e. The summed E-state index contributed by atoms with van der Waals surface area (Å²) in [6.45, 7) is 8.26. The summed E-state index contributed by atoms with van der Waals surface area (Å²) in [6, 6.07) is 9.51. The van der Waals surface area contributed by atoms with Gasteiger partial charge in [0, 0.05) is 50.4 Å². The number of fused-ring (bicyclic) bond motifs is 1. The van der Waals surface area contributed by atoms with Gasteiger partial charge in [0.1, 0.15) is 0 Å². The second-order valence-corrected chi connectivity index (χ2v) is 5.97. The van der Waals surface area contributed by atoms with Gasteiger partial charge < -0.3 is 10.2 Å². The fourth-order valence-corrected chi connectivity index (χ4v) is 3.45. The first-order chi connectivity index (χ1) is 9.28. The number of hydrogen-bond acceptors (Lipinski definition) is 3. The molecule has 2 unspecified atom stereocenters. The van der Waals surface area contributed by atoms with Crippen molar-refractivity contribution in [3.8, 4) is 0 Å². The zero-order valence-electron chi connectivity index (χ0n) is 12.1. The van der Waals surface area contributed by atoms with Crippen molar-refractivity contribution in [2.75, 3.05) is 45.1 Å². The minimum absolute atomic E-state index is 0.664. The molecule has 2 aliphatic rings. The monoisotopic (exact) mass is 259 g/mol. The Morgan fingerprint density at radius 3 is 2.95 bits per heavy atom. The summed E-state index contributed by atoms with van der Waals surface area (Å²) in [4.78, 5) is 5.17. The largest absolute Gasteiger partial charge is 0.384 e. The van der Waals surface area contributed by atoms with E-state index in [0.29, 0.717) is 5.92 Å². The third kappa shape index (κ3) is 2.63. The van der Waals surface area contributed by atoms with Crippen LogP contribution in [0, 0.1) is 0 Å². The average Bonchev–Trinajstić information content (AvgIpc) is 2.84. The van der Waals surface area contributed by atoms with Crippen molar-refractivity contribution in [1.82, 2.24) is 9.80 Å². The first-order valence-electron chi connectivity index (χ1n) is 7.53. The van der Waals surface area contributed by atoms with Crippen LogP contribution in [0.15, 0.2) is 24.3 Å². The summed E-state index contributed by atoms with van der Waals surface area (Å²) in [5, 5.41) is 3.54. The summed E-state index contributed by atoms with van der Waals surface area (Å²) < 4.78 is 0. The average molecular weight is 259 g/mol. The molecule has 1 aromatic rings. The van der Waals surface area contributed by atoms with Gasteiger partial charge in [-0.3, -0.25) is 4.90 Å². The van der Waals surface area contributed by atoms with Gasteiger partial charge in [0.05, 0.1) is 0 Å². The lowest BCUT2D eigenvalue weighted by Gasteiger charge is -2.40. The molecule has 0 aromatic heterocycles. The SMILES string of the molecule is CCC1CN(CC2CNc3ccccc32)CCN1C. The predicted octanol–water partition coefficient (Wildman–Crippen LogP) is 2.22. The lowest BCUT2D eigenvalue weighted by Crippen LogP contribution is -2.52. The van der Waals surface area contributed by atoms with Crippen molar-refractivity contribution in [3.63, 3.8) is 0 Å². The van der Waals surface area contributed by atoms with E-state index in [1.807, 2.05) is 0 Å². The van der Waals surface area contributed by atoms with Crippen LogP contribution < -0.4 is 5.32 Å². The first kappa shape index (κ1) is 12.9. The van der Waals surface area contributed by atoms with E-state index in [2.05, 4.69) is 53.4 Å². The Bertz CT molecular complexity index is 432. The Hall–Kier alpha value is -1.06. The highest BCUT2D eigenvalue weighted by molar-refractivity contribution is 5.57. The Balaban J connectivity index is 1.64. The highest BCUT2D eigenvalue weighted by atomic mass is 15.3. The fourth-order valence-electron chi connectivity index (χ4n) is 3.45. The molecule has 0 amide bonds. The Morgan fingerprint density at radius 2 is 2.11 bits per heavy atom. The maximum absolute atomic E-state index is 3.54. The number of hydrogen-bond donors (Lipinski definition) is 1. The molecule has 2 atom stereocenters. The Labute approximate surface area is 116 Å². The highest BCUT2D eigenvalue weighted by Crippen LogP contribution is 2.31. The van der Waals surface area contributed by atoms with Gasteiger partial charge in [-0.15, -0.1) is 0 Å². The van der Waals surface area contributed by atoms with Crippen molar-refractivity contribution < 1.29 is 0 Å². The molecular weight excluding hydrogens is 234 g/mol. The molecular formula is C16H25N3. The molecule has 0 spiro atoms. The van der Waals surface area contributed by atoms with E-state index in [1.54, 1.807) is 0 Å². The molecule has 1 N–H and O–H groups in total. The summed E-state index contributed by atoms with van der Waals surface area (Å²) in [5.41, 5.74) is 2.85. The van der Waals surface area contributed by atoms with Crippen molar-refractivity contribution in [3.05, 3.63) is 29.8 Å². The van der Waals surface area contributed by atoms with Gasteiger partial charge in [-0.1, -0.05) is 25.1 Å². The zero-order chi connectivity index (χ0) is 13.2. The molecule has 3 nitrogen and oxygen atoms in total. The highest BCUT2D eigenvalue weighted by Gasteiger charge is 2.28. The van der Waals surface area contributed by atoms with Crippen LogP contribution in [0.25, 0.3) is 0 Å². The molecule has 0 bridgehead atoms. The molecule has 2 aliphatic heterocycles. The second-order valence-electron chi connectivity index (χ2n) is 5.97. The van der Waals surface area contributed by atoms with Crippen molar-refractivity contribution in [1.29, 1.82) is 0 Å². The maximum Gasteiger partial charge on any atom is 0.0376 e. The van der Waals surface area contributed by atoms with Crippen molar-refractivity contribution in [2.45, 2.75) is 25.3 Å². The van der Waals surface area contributed by atoms with E-state index >= 15 is 0 Å². The number of likely N-dealkylation sites (N-methyl/N-ethyl adjacent to an activating group) is 1. The third-order valence-corrected chi connectivity index (χ3v) is 4.75. The van der Waals surface area contributed by atoms with Crippen LogP contribution in [-0.2, 0) is 0 Å². The van der Waals surface area contributed by atoms with Crippen molar-refractivity contribution >= 4 is 5.69 Å². The Kier molecular flexibility index (Phi) is 3.76. The summed E-state index contributed by atoms with van der Waals surface area (Å²) in [5.74, 6) is 0.664. The molecule has 2 heterocycles. The number of benzene rings is 1. The van der Waals surface area contributed by atoms with Crippen LogP contribution in [-0.4, -0.2) is 55.6 Å². The van der Waals surface area contributed by atoms with E-state index < -0.39 is 0 Å². The predicted molar refractivity (Wildman–Crippen MR) is 80.8 cm³/mol. The number of para-hydroxylation sites is 1. The number of nitrogens with zero attached hydrogens (tertiary/aromatic N) is 2. The van der Waals surface area contributed by atoms with Gasteiger partial charge in [0.25, 0.3) is 0 Å². The van der Waals surface area contributed by atoms with E-state index in [9.17, 15) is 0 Å². The van der Waals surface area contributed by atoms with Gasteiger partial charge in [-0.2, -0.15) is 0 Å². The third-order valence-electron chi connectivity index (χ3n) is 4.75. The van der Waals surface area contributed by atoms with Crippen LogP contribution in [0.4, 0.5) is 5.69 Å².